The van der Waals surface area contributed by atoms with Crippen molar-refractivity contribution in [3.63, 3.8) is 0 Å². The normalized spacial score (nSPS) is 12.6. The Kier molecular flexibility index (Phi) is 14.3. The Labute approximate surface area is 250 Å². The maximum Gasteiger partial charge on any atom is 0.186 e. The predicted molar refractivity (Wildman–Crippen MR) is 173 cm³/mol. The molecule has 1 heterocycles. The van der Waals surface area contributed by atoms with E-state index in [9.17, 15) is 4.79 Å². The first-order valence-corrected chi connectivity index (χ1v) is 15.6. The lowest BCUT2D eigenvalue weighted by Crippen LogP contribution is -2.24. The maximum atomic E-state index is 11.2. The molecule has 0 bridgehead atoms. The van der Waals surface area contributed by atoms with Crippen LogP contribution in [0.25, 0.3) is 17.3 Å². The molecule has 0 aliphatic heterocycles. The van der Waals surface area contributed by atoms with Gasteiger partial charge in [0.15, 0.2) is 5.13 Å². The third kappa shape index (κ3) is 10.7. The van der Waals surface area contributed by atoms with Crippen molar-refractivity contribution in [3.05, 3.63) is 74.1 Å². The number of hydrogen-bond acceptors (Lipinski definition) is 4. The molecule has 0 radical (unpaired) electrons. The van der Waals surface area contributed by atoms with Crippen molar-refractivity contribution in [1.29, 1.82) is 0 Å². The van der Waals surface area contributed by atoms with Gasteiger partial charge in [-0.3, -0.25) is 0 Å². The van der Waals surface area contributed by atoms with Gasteiger partial charge in [-0.25, -0.2) is 4.98 Å². The Bertz CT molecular complexity index is 1210. The molecule has 0 N–H and O–H groups in total. The van der Waals surface area contributed by atoms with Crippen LogP contribution in [0.1, 0.15) is 82.4 Å². The van der Waals surface area contributed by atoms with Crippen LogP contribution in [0, 0.1) is 18.8 Å². The van der Waals surface area contributed by atoms with Crippen LogP contribution in [0.15, 0.2) is 42.5 Å². The lowest BCUT2D eigenvalue weighted by atomic mass is 10.0. The minimum atomic E-state index is 0.453. The highest BCUT2D eigenvalue weighted by atomic mass is 35.5. The van der Waals surface area contributed by atoms with E-state index in [0.717, 1.165) is 35.0 Å². The fourth-order valence-corrected chi connectivity index (χ4v) is 5.46. The molecule has 6 heteroatoms. The second kappa shape index (κ2) is 16.8. The summed E-state index contributed by atoms with van der Waals surface area (Å²) in [5.41, 5.74) is 5.55. The van der Waals surface area contributed by atoms with Gasteiger partial charge in [-0.1, -0.05) is 101 Å². The highest BCUT2D eigenvalue weighted by Gasteiger charge is 2.20. The largest absolute Gasteiger partial charge is 0.343 e. The van der Waals surface area contributed by atoms with Crippen LogP contribution < -0.4 is 4.90 Å². The van der Waals surface area contributed by atoms with E-state index in [0.29, 0.717) is 35.5 Å². The van der Waals surface area contributed by atoms with Gasteiger partial charge in [0.25, 0.3) is 0 Å². The van der Waals surface area contributed by atoms with E-state index in [1.165, 1.54) is 34.4 Å². The number of aromatic nitrogens is 1. The summed E-state index contributed by atoms with van der Waals surface area (Å²) in [6.45, 7) is 16.1. The Morgan fingerprint density at radius 3 is 2.36 bits per heavy atom. The zero-order valence-corrected chi connectivity index (χ0v) is 26.9. The van der Waals surface area contributed by atoms with E-state index in [-0.39, 0.29) is 0 Å². The molecule has 4 rings (SSSR count). The number of thiazole rings is 1. The van der Waals surface area contributed by atoms with Crippen LogP contribution in [0.5, 0.6) is 0 Å². The number of anilines is 1. The first kappa shape index (κ1) is 33.1. The highest BCUT2D eigenvalue weighted by molar-refractivity contribution is 7.16. The quantitative estimate of drug-likeness (QED) is 0.221. The highest BCUT2D eigenvalue weighted by Crippen LogP contribution is 2.37. The Balaban J connectivity index is 0.000000797. The SMILES string of the molecule is C/C=C\c1cc(CN(CCC=O)c2nc(-c3ccc(Cl)c(Cl)c3)c(CC(C)C)s2)ccc1C.CC.CC1CC1. The molecule has 1 aliphatic carbocycles. The molecule has 0 saturated heterocycles. The van der Waals surface area contributed by atoms with E-state index in [2.05, 4.69) is 62.9 Å². The number of rotatable bonds is 10. The van der Waals surface area contributed by atoms with Gasteiger partial charge < -0.3 is 9.69 Å². The topological polar surface area (TPSA) is 33.2 Å². The number of nitrogens with zero attached hydrogens (tertiary/aromatic N) is 2. The number of halogens is 2. The molecular formula is C33H44Cl2N2OS. The lowest BCUT2D eigenvalue weighted by molar-refractivity contribution is -0.107. The Hall–Kier alpha value is -2.14. The summed E-state index contributed by atoms with van der Waals surface area (Å²) < 4.78 is 0. The molecule has 39 heavy (non-hydrogen) atoms. The molecule has 2 aromatic carbocycles. The summed E-state index contributed by atoms with van der Waals surface area (Å²) >= 11 is 14.2. The van der Waals surface area contributed by atoms with Gasteiger partial charge in [-0.2, -0.15) is 0 Å². The van der Waals surface area contributed by atoms with Gasteiger partial charge >= 0.3 is 0 Å². The smallest absolute Gasteiger partial charge is 0.186 e. The van der Waals surface area contributed by atoms with Crippen LogP contribution in [-0.4, -0.2) is 17.8 Å². The first-order valence-electron chi connectivity index (χ1n) is 14.1. The molecule has 0 unspecified atom stereocenters. The number of aryl methyl sites for hydroxylation is 1. The van der Waals surface area contributed by atoms with Gasteiger partial charge in [0, 0.05) is 30.0 Å². The van der Waals surface area contributed by atoms with Crippen molar-refractivity contribution in [2.24, 2.45) is 11.8 Å². The summed E-state index contributed by atoms with van der Waals surface area (Å²) in [7, 11) is 0. The zero-order chi connectivity index (χ0) is 28.9. The van der Waals surface area contributed by atoms with Crippen molar-refractivity contribution in [1.82, 2.24) is 4.98 Å². The number of hydrogen-bond donors (Lipinski definition) is 0. The standard InChI is InChI=1S/C27H30Cl2N2OS.C4H8.C2H6/c1-5-7-21-15-20(9-8-19(21)4)17-31(12-6-13-32)27-30-26(25(33-27)14-18(2)3)22-10-11-23(28)24(29)16-22;1-4-2-3-4;1-2/h5,7-11,13,15-16,18H,6,12,14,17H2,1-4H3;4H,2-3H2,1H3;1-2H3/b7-5-;;. The molecule has 0 amide bonds. The molecule has 1 aromatic heterocycles. The lowest BCUT2D eigenvalue weighted by Gasteiger charge is -2.21. The summed E-state index contributed by atoms with van der Waals surface area (Å²) in [5, 5.41) is 1.97. The van der Waals surface area contributed by atoms with E-state index < -0.39 is 0 Å². The van der Waals surface area contributed by atoms with Gasteiger partial charge in [0.1, 0.15) is 6.29 Å². The van der Waals surface area contributed by atoms with Gasteiger partial charge in [-0.05, 0) is 67.0 Å². The summed E-state index contributed by atoms with van der Waals surface area (Å²) in [4.78, 5) is 19.7. The number of aldehydes is 1. The average molecular weight is 588 g/mol. The van der Waals surface area contributed by atoms with Gasteiger partial charge in [0.2, 0.25) is 0 Å². The Morgan fingerprint density at radius 2 is 1.79 bits per heavy atom. The van der Waals surface area contributed by atoms with Crippen LogP contribution in [0.3, 0.4) is 0 Å². The number of allylic oxidation sites excluding steroid dienone is 1. The second-order valence-electron chi connectivity index (χ2n) is 10.2. The molecule has 1 fully saturated rings. The molecule has 1 saturated carbocycles. The summed E-state index contributed by atoms with van der Waals surface area (Å²) in [6.07, 6.45) is 9.50. The molecule has 3 aromatic rings. The van der Waals surface area contributed by atoms with E-state index in [1.54, 1.807) is 11.3 Å². The number of benzene rings is 2. The van der Waals surface area contributed by atoms with Crippen molar-refractivity contribution in [2.75, 3.05) is 11.4 Å². The van der Waals surface area contributed by atoms with Crippen molar-refractivity contribution < 1.29 is 4.79 Å². The minimum absolute atomic E-state index is 0.453. The van der Waals surface area contributed by atoms with E-state index in [1.807, 2.05) is 39.0 Å². The number of carbonyl (C=O) groups excluding carboxylic acids is 1. The number of carbonyl (C=O) groups is 1. The molecule has 0 spiro atoms. The monoisotopic (exact) mass is 586 g/mol. The van der Waals surface area contributed by atoms with Crippen LogP contribution in [-0.2, 0) is 17.8 Å². The molecule has 3 nitrogen and oxygen atoms in total. The average Bonchev–Trinajstić information content (AvgIpc) is 3.59. The molecule has 0 atom stereocenters. The van der Waals surface area contributed by atoms with Gasteiger partial charge in [-0.15, -0.1) is 11.3 Å². The van der Waals surface area contributed by atoms with Crippen molar-refractivity contribution in [3.8, 4) is 11.3 Å². The Morgan fingerprint density at radius 1 is 1.10 bits per heavy atom. The predicted octanol–water partition coefficient (Wildman–Crippen LogP) is 10.7. The fraction of sp³-hybridized carbons (Fsp3) is 0.455. The summed E-state index contributed by atoms with van der Waals surface area (Å²) in [6, 6.07) is 12.2. The minimum Gasteiger partial charge on any atom is -0.343 e. The third-order valence-corrected chi connectivity index (χ3v) is 8.07. The van der Waals surface area contributed by atoms with Crippen LogP contribution >= 0.6 is 34.5 Å². The third-order valence-electron chi connectivity index (χ3n) is 6.19. The summed E-state index contributed by atoms with van der Waals surface area (Å²) in [5.74, 6) is 1.57. The zero-order valence-electron chi connectivity index (χ0n) is 24.6. The molecule has 212 valence electrons. The second-order valence-corrected chi connectivity index (χ2v) is 12.1. The van der Waals surface area contributed by atoms with E-state index in [4.69, 9.17) is 28.2 Å². The molecular weight excluding hydrogens is 543 g/mol. The molecule has 1 aliphatic rings. The van der Waals surface area contributed by atoms with Crippen LogP contribution in [0.4, 0.5) is 5.13 Å². The van der Waals surface area contributed by atoms with Crippen LogP contribution in [0.2, 0.25) is 10.0 Å². The van der Waals surface area contributed by atoms with Crippen molar-refractivity contribution >= 4 is 52.0 Å². The maximum absolute atomic E-state index is 11.2. The van der Waals surface area contributed by atoms with E-state index >= 15 is 0 Å². The first-order chi connectivity index (χ1) is 18.7. The van der Waals surface area contributed by atoms with Crippen molar-refractivity contribution in [2.45, 2.75) is 80.7 Å². The fourth-order valence-electron chi connectivity index (χ4n) is 3.84. The van der Waals surface area contributed by atoms with Gasteiger partial charge in [0.05, 0.1) is 15.7 Å².